The lowest BCUT2D eigenvalue weighted by Gasteiger charge is -2.11. The van der Waals surface area contributed by atoms with Crippen LogP contribution in [-0.2, 0) is 6.42 Å². The van der Waals surface area contributed by atoms with Gasteiger partial charge in [-0.05, 0) is 62.9 Å². The monoisotopic (exact) mass is 216 g/mol. The van der Waals surface area contributed by atoms with E-state index in [1.54, 1.807) is 0 Å². The topological polar surface area (TPSA) is 9.23 Å². The minimum atomic E-state index is 0.722. The molecular formula is C15H20O. The van der Waals surface area contributed by atoms with Gasteiger partial charge in [-0.1, -0.05) is 0 Å². The zero-order chi connectivity index (χ0) is 12.0. The molecule has 0 N–H and O–H groups in total. The van der Waals surface area contributed by atoms with Crippen molar-refractivity contribution in [3.05, 3.63) is 28.8 Å². The number of rotatable bonds is 4. The van der Waals surface area contributed by atoms with E-state index >= 15 is 0 Å². The van der Waals surface area contributed by atoms with E-state index in [9.17, 15) is 0 Å². The number of benzene rings is 1. The molecule has 0 amide bonds. The van der Waals surface area contributed by atoms with E-state index in [-0.39, 0.29) is 0 Å². The highest BCUT2D eigenvalue weighted by Gasteiger charge is 2.04. The van der Waals surface area contributed by atoms with Gasteiger partial charge in [0.1, 0.15) is 5.75 Å². The van der Waals surface area contributed by atoms with E-state index in [0.29, 0.717) is 0 Å². The molecule has 0 bridgehead atoms. The molecule has 1 heteroatoms. The first-order chi connectivity index (χ1) is 7.69. The quantitative estimate of drug-likeness (QED) is 0.698. The summed E-state index contributed by atoms with van der Waals surface area (Å²) in [5, 5.41) is 0. The SMILES string of the molecule is CC#CCCc1c(C)cc(OCC)cc1C. The summed E-state index contributed by atoms with van der Waals surface area (Å²) in [6.45, 7) is 8.90. The molecule has 0 atom stereocenters. The molecular weight excluding hydrogens is 196 g/mol. The average molecular weight is 216 g/mol. The number of aryl methyl sites for hydroxylation is 2. The van der Waals surface area contributed by atoms with Crippen LogP contribution < -0.4 is 4.74 Å². The first-order valence-electron chi connectivity index (χ1n) is 5.81. The summed E-state index contributed by atoms with van der Waals surface area (Å²) in [7, 11) is 0. The molecule has 0 saturated carbocycles. The zero-order valence-corrected chi connectivity index (χ0v) is 10.7. The zero-order valence-electron chi connectivity index (χ0n) is 10.7. The summed E-state index contributed by atoms with van der Waals surface area (Å²) in [5.41, 5.74) is 4.02. The molecule has 0 saturated heterocycles. The highest BCUT2D eigenvalue weighted by molar-refractivity contribution is 5.41. The molecule has 0 aliphatic rings. The van der Waals surface area contributed by atoms with E-state index in [1.807, 2.05) is 13.8 Å². The van der Waals surface area contributed by atoms with Gasteiger partial charge in [-0.15, -0.1) is 11.8 Å². The van der Waals surface area contributed by atoms with Crippen molar-refractivity contribution in [2.24, 2.45) is 0 Å². The fraction of sp³-hybridized carbons (Fsp3) is 0.467. The summed E-state index contributed by atoms with van der Waals surface area (Å²) in [6.07, 6.45) is 1.97. The van der Waals surface area contributed by atoms with Crippen LogP contribution >= 0.6 is 0 Å². The number of hydrogen-bond donors (Lipinski definition) is 0. The van der Waals surface area contributed by atoms with Gasteiger partial charge in [0, 0.05) is 6.42 Å². The molecule has 1 aromatic rings. The minimum Gasteiger partial charge on any atom is -0.494 e. The molecule has 1 nitrogen and oxygen atoms in total. The van der Waals surface area contributed by atoms with Crippen LogP contribution in [0.25, 0.3) is 0 Å². The van der Waals surface area contributed by atoms with Crippen LogP contribution in [0.15, 0.2) is 12.1 Å². The van der Waals surface area contributed by atoms with E-state index in [0.717, 1.165) is 25.2 Å². The van der Waals surface area contributed by atoms with Gasteiger partial charge in [-0.3, -0.25) is 0 Å². The predicted octanol–water partition coefficient (Wildman–Crippen LogP) is 3.66. The van der Waals surface area contributed by atoms with Gasteiger partial charge in [0.05, 0.1) is 6.61 Å². The smallest absolute Gasteiger partial charge is 0.119 e. The van der Waals surface area contributed by atoms with Gasteiger partial charge in [-0.2, -0.15) is 0 Å². The van der Waals surface area contributed by atoms with Crippen molar-refractivity contribution >= 4 is 0 Å². The van der Waals surface area contributed by atoms with Gasteiger partial charge >= 0.3 is 0 Å². The molecule has 0 aliphatic heterocycles. The summed E-state index contributed by atoms with van der Waals surface area (Å²) < 4.78 is 5.52. The highest BCUT2D eigenvalue weighted by Crippen LogP contribution is 2.22. The van der Waals surface area contributed by atoms with Crippen LogP contribution in [0.4, 0.5) is 0 Å². The lowest BCUT2D eigenvalue weighted by atomic mass is 9.98. The Morgan fingerprint density at radius 2 is 1.81 bits per heavy atom. The molecule has 0 unspecified atom stereocenters. The first kappa shape index (κ1) is 12.6. The molecule has 1 rings (SSSR count). The molecule has 86 valence electrons. The third-order valence-corrected chi connectivity index (χ3v) is 2.66. The maximum Gasteiger partial charge on any atom is 0.119 e. The van der Waals surface area contributed by atoms with Crippen LogP contribution in [0.2, 0.25) is 0 Å². The molecule has 0 spiro atoms. The maximum absolute atomic E-state index is 5.52. The predicted molar refractivity (Wildman–Crippen MR) is 68.9 cm³/mol. The second kappa shape index (κ2) is 6.23. The van der Waals surface area contributed by atoms with Crippen molar-refractivity contribution in [1.29, 1.82) is 0 Å². The Morgan fingerprint density at radius 3 is 2.31 bits per heavy atom. The number of hydrogen-bond acceptors (Lipinski definition) is 1. The van der Waals surface area contributed by atoms with Crippen molar-refractivity contribution in [2.45, 2.75) is 40.5 Å². The first-order valence-corrected chi connectivity index (χ1v) is 5.81. The summed E-state index contributed by atoms with van der Waals surface area (Å²) in [4.78, 5) is 0. The Balaban J connectivity index is 2.87. The number of ether oxygens (including phenoxy) is 1. The van der Waals surface area contributed by atoms with Crippen LogP contribution in [0.5, 0.6) is 5.75 Å². The van der Waals surface area contributed by atoms with Crippen molar-refractivity contribution in [3.63, 3.8) is 0 Å². The van der Waals surface area contributed by atoms with Gasteiger partial charge in [0.2, 0.25) is 0 Å². The Bertz CT molecular complexity index is 384. The van der Waals surface area contributed by atoms with Crippen molar-refractivity contribution in [1.82, 2.24) is 0 Å². The highest BCUT2D eigenvalue weighted by atomic mass is 16.5. The Hall–Kier alpha value is -1.42. The van der Waals surface area contributed by atoms with E-state index in [1.165, 1.54) is 16.7 Å². The van der Waals surface area contributed by atoms with Gasteiger partial charge in [0.15, 0.2) is 0 Å². The molecule has 0 aromatic heterocycles. The maximum atomic E-state index is 5.52. The van der Waals surface area contributed by atoms with E-state index < -0.39 is 0 Å². The Kier molecular flexibility index (Phi) is 4.92. The van der Waals surface area contributed by atoms with Crippen LogP contribution in [0, 0.1) is 25.7 Å². The van der Waals surface area contributed by atoms with Gasteiger partial charge < -0.3 is 4.74 Å². The molecule has 0 fully saturated rings. The summed E-state index contributed by atoms with van der Waals surface area (Å²) in [5.74, 6) is 7.02. The minimum absolute atomic E-state index is 0.722. The van der Waals surface area contributed by atoms with E-state index in [2.05, 4.69) is 37.8 Å². The normalized spacial score (nSPS) is 9.50. The molecule has 16 heavy (non-hydrogen) atoms. The van der Waals surface area contributed by atoms with Crippen molar-refractivity contribution in [3.8, 4) is 17.6 Å². The van der Waals surface area contributed by atoms with Crippen molar-refractivity contribution in [2.75, 3.05) is 6.61 Å². The summed E-state index contributed by atoms with van der Waals surface area (Å²) in [6, 6.07) is 4.23. The second-order valence-electron chi connectivity index (χ2n) is 3.90. The van der Waals surface area contributed by atoms with Crippen LogP contribution in [0.1, 0.15) is 37.0 Å². The second-order valence-corrected chi connectivity index (χ2v) is 3.90. The Morgan fingerprint density at radius 1 is 1.19 bits per heavy atom. The fourth-order valence-corrected chi connectivity index (χ4v) is 1.91. The standard InChI is InChI=1S/C15H20O/c1-5-7-8-9-15-12(3)10-14(16-6-2)11-13(15)4/h10-11H,6,8-9H2,1-4H3. The molecule has 0 radical (unpaired) electrons. The van der Waals surface area contributed by atoms with Crippen LogP contribution in [0.3, 0.4) is 0 Å². The lowest BCUT2D eigenvalue weighted by Crippen LogP contribution is -1.97. The van der Waals surface area contributed by atoms with Gasteiger partial charge in [-0.25, -0.2) is 0 Å². The largest absolute Gasteiger partial charge is 0.494 e. The Labute approximate surface area is 98.8 Å². The third kappa shape index (κ3) is 3.31. The summed E-state index contributed by atoms with van der Waals surface area (Å²) >= 11 is 0. The molecule has 0 aliphatic carbocycles. The van der Waals surface area contributed by atoms with Crippen LogP contribution in [-0.4, -0.2) is 6.61 Å². The molecule has 1 aromatic carbocycles. The third-order valence-electron chi connectivity index (χ3n) is 2.66. The molecule has 0 heterocycles. The van der Waals surface area contributed by atoms with Gasteiger partial charge in [0.25, 0.3) is 0 Å². The average Bonchev–Trinajstić information content (AvgIpc) is 2.23. The van der Waals surface area contributed by atoms with Crippen molar-refractivity contribution < 1.29 is 4.74 Å². The lowest BCUT2D eigenvalue weighted by molar-refractivity contribution is 0.339. The van der Waals surface area contributed by atoms with E-state index in [4.69, 9.17) is 4.74 Å². The fourth-order valence-electron chi connectivity index (χ4n) is 1.91.